The molecule has 4 aliphatic carbocycles. The molecule has 98 valence electrons. The summed E-state index contributed by atoms with van der Waals surface area (Å²) in [5.74, 6) is 2.96. The van der Waals surface area contributed by atoms with E-state index in [1.54, 1.807) is 6.92 Å². The maximum atomic E-state index is 11.2. The second-order valence-electron chi connectivity index (χ2n) is 7.35. The van der Waals surface area contributed by atoms with Crippen molar-refractivity contribution in [1.82, 2.24) is 0 Å². The van der Waals surface area contributed by atoms with E-state index in [0.29, 0.717) is 11.8 Å². The molecule has 0 aromatic carbocycles. The largest absolute Gasteiger partial charge is 0.300 e. The normalized spacial score (nSPS) is 42.6. The van der Waals surface area contributed by atoms with E-state index < -0.39 is 0 Å². The van der Waals surface area contributed by atoms with Gasteiger partial charge in [-0.25, -0.2) is 0 Å². The first kappa shape index (κ1) is 12.2. The van der Waals surface area contributed by atoms with Crippen LogP contribution in [0.3, 0.4) is 0 Å². The Kier molecular flexibility index (Phi) is 2.96. The number of hydrogen-bond donors (Lipinski definition) is 0. The molecular weight excluding hydrogens is 222 g/mol. The molecule has 0 radical (unpaired) electrons. The molecule has 1 unspecified atom stereocenters. The molecule has 2 heteroatoms. The van der Waals surface area contributed by atoms with Crippen LogP contribution in [0.25, 0.3) is 0 Å². The molecule has 0 saturated heterocycles. The van der Waals surface area contributed by atoms with E-state index >= 15 is 0 Å². The van der Waals surface area contributed by atoms with Crippen LogP contribution in [0.5, 0.6) is 0 Å². The number of nitriles is 1. The molecule has 0 aliphatic heterocycles. The fourth-order valence-electron chi connectivity index (χ4n) is 5.57. The Balaban J connectivity index is 1.71. The van der Waals surface area contributed by atoms with Crippen LogP contribution in [0.1, 0.15) is 58.3 Å². The SMILES string of the molecule is CC(=O)CC(C#N)CC12CC3CC(CC(C3)C1)C2. The first-order chi connectivity index (χ1) is 8.58. The van der Waals surface area contributed by atoms with E-state index in [2.05, 4.69) is 6.07 Å². The maximum Gasteiger partial charge on any atom is 0.131 e. The van der Waals surface area contributed by atoms with Crippen molar-refractivity contribution in [3.05, 3.63) is 0 Å². The molecule has 0 aromatic heterocycles. The van der Waals surface area contributed by atoms with E-state index in [4.69, 9.17) is 0 Å². The van der Waals surface area contributed by atoms with Gasteiger partial charge in [-0.3, -0.25) is 4.79 Å². The molecule has 4 aliphatic rings. The van der Waals surface area contributed by atoms with Crippen LogP contribution in [0.4, 0.5) is 0 Å². The minimum absolute atomic E-state index is 0.0289. The summed E-state index contributed by atoms with van der Waals surface area (Å²) in [6.45, 7) is 1.62. The van der Waals surface area contributed by atoms with Crippen LogP contribution < -0.4 is 0 Å². The molecule has 0 N–H and O–H groups in total. The zero-order valence-electron chi connectivity index (χ0n) is 11.3. The number of nitrogens with zero attached hydrogens (tertiary/aromatic N) is 1. The molecule has 0 heterocycles. The number of Topliss-reactive ketones (excluding diaryl/α,β-unsaturated/α-hetero) is 1. The third-order valence-electron chi connectivity index (χ3n) is 5.56. The van der Waals surface area contributed by atoms with Gasteiger partial charge in [0, 0.05) is 6.42 Å². The molecule has 4 rings (SSSR count). The lowest BCUT2D eigenvalue weighted by Gasteiger charge is -2.57. The van der Waals surface area contributed by atoms with Crippen molar-refractivity contribution in [1.29, 1.82) is 5.26 Å². The predicted octanol–water partition coefficient (Wildman–Crippen LogP) is 3.71. The molecule has 0 aromatic rings. The third kappa shape index (κ3) is 2.20. The fraction of sp³-hybridized carbons (Fsp3) is 0.875. The molecule has 1 atom stereocenters. The van der Waals surface area contributed by atoms with Gasteiger partial charge in [0.05, 0.1) is 12.0 Å². The topological polar surface area (TPSA) is 40.9 Å². The third-order valence-corrected chi connectivity index (χ3v) is 5.56. The number of carbonyl (C=O) groups excluding carboxylic acids is 1. The summed E-state index contributed by atoms with van der Waals surface area (Å²) >= 11 is 0. The summed E-state index contributed by atoms with van der Waals surface area (Å²) in [7, 11) is 0. The zero-order chi connectivity index (χ0) is 12.8. The molecule has 18 heavy (non-hydrogen) atoms. The van der Waals surface area contributed by atoms with E-state index in [-0.39, 0.29) is 11.7 Å². The van der Waals surface area contributed by atoms with E-state index in [1.165, 1.54) is 38.5 Å². The van der Waals surface area contributed by atoms with Crippen molar-refractivity contribution in [2.24, 2.45) is 29.1 Å². The zero-order valence-corrected chi connectivity index (χ0v) is 11.3. The molecule has 0 spiro atoms. The van der Waals surface area contributed by atoms with Gasteiger partial charge in [0.25, 0.3) is 0 Å². The minimum atomic E-state index is -0.0289. The molecule has 4 saturated carbocycles. The van der Waals surface area contributed by atoms with Crippen molar-refractivity contribution >= 4 is 5.78 Å². The van der Waals surface area contributed by atoms with Gasteiger partial charge in [0.1, 0.15) is 5.78 Å². The molecule has 4 bridgehead atoms. The predicted molar refractivity (Wildman–Crippen MR) is 69.6 cm³/mol. The molecule has 0 amide bonds. The summed E-state index contributed by atoms with van der Waals surface area (Å²) in [6.07, 6.45) is 9.83. The first-order valence-electron chi connectivity index (χ1n) is 7.47. The Morgan fingerprint density at radius 1 is 1.22 bits per heavy atom. The summed E-state index contributed by atoms with van der Waals surface area (Å²) in [4.78, 5) is 11.2. The highest BCUT2D eigenvalue weighted by Crippen LogP contribution is 2.62. The van der Waals surface area contributed by atoms with Crippen molar-refractivity contribution in [3.63, 3.8) is 0 Å². The van der Waals surface area contributed by atoms with E-state index in [0.717, 1.165) is 24.2 Å². The minimum Gasteiger partial charge on any atom is -0.300 e. The Bertz CT molecular complexity index is 357. The van der Waals surface area contributed by atoms with Gasteiger partial charge in [-0.1, -0.05) is 0 Å². The monoisotopic (exact) mass is 245 g/mol. The standard InChI is InChI=1S/C16H23NO/c1-11(18)2-15(10-17)9-16-6-12-3-13(7-16)5-14(4-12)8-16/h12-15H,2-9H2,1H3. The summed E-state index contributed by atoms with van der Waals surface area (Å²) in [5, 5.41) is 9.27. The highest BCUT2D eigenvalue weighted by molar-refractivity contribution is 5.76. The summed E-state index contributed by atoms with van der Waals surface area (Å²) in [5.41, 5.74) is 0.435. The molecular formula is C16H23NO. The van der Waals surface area contributed by atoms with Crippen LogP contribution in [0, 0.1) is 40.4 Å². The molecule has 2 nitrogen and oxygen atoms in total. The Hall–Kier alpha value is -0.840. The Morgan fingerprint density at radius 3 is 2.11 bits per heavy atom. The number of carbonyl (C=O) groups is 1. The highest BCUT2D eigenvalue weighted by atomic mass is 16.1. The van der Waals surface area contributed by atoms with Gasteiger partial charge >= 0.3 is 0 Å². The smallest absolute Gasteiger partial charge is 0.131 e. The van der Waals surface area contributed by atoms with Crippen molar-refractivity contribution in [3.8, 4) is 6.07 Å². The maximum absolute atomic E-state index is 11.2. The fourth-order valence-corrected chi connectivity index (χ4v) is 5.57. The second-order valence-corrected chi connectivity index (χ2v) is 7.35. The van der Waals surface area contributed by atoms with Gasteiger partial charge in [-0.15, -0.1) is 0 Å². The van der Waals surface area contributed by atoms with Crippen LogP contribution in [-0.2, 0) is 4.79 Å². The van der Waals surface area contributed by atoms with Crippen LogP contribution in [0.15, 0.2) is 0 Å². The van der Waals surface area contributed by atoms with Gasteiger partial charge in [-0.05, 0) is 75.0 Å². The van der Waals surface area contributed by atoms with Crippen molar-refractivity contribution in [2.75, 3.05) is 0 Å². The van der Waals surface area contributed by atoms with Crippen molar-refractivity contribution in [2.45, 2.75) is 58.3 Å². The average molecular weight is 245 g/mol. The Labute approximate surface area is 110 Å². The lowest BCUT2D eigenvalue weighted by atomic mass is 9.48. The van der Waals surface area contributed by atoms with Gasteiger partial charge in [0.15, 0.2) is 0 Å². The number of ketones is 1. The van der Waals surface area contributed by atoms with Crippen molar-refractivity contribution < 1.29 is 4.79 Å². The average Bonchev–Trinajstić information content (AvgIpc) is 2.25. The van der Waals surface area contributed by atoms with Gasteiger partial charge in [0.2, 0.25) is 0 Å². The quantitative estimate of drug-likeness (QED) is 0.757. The number of rotatable bonds is 4. The van der Waals surface area contributed by atoms with Crippen LogP contribution in [-0.4, -0.2) is 5.78 Å². The summed E-state index contributed by atoms with van der Waals surface area (Å²) in [6, 6.07) is 2.39. The van der Waals surface area contributed by atoms with E-state index in [9.17, 15) is 10.1 Å². The second kappa shape index (κ2) is 4.37. The highest BCUT2D eigenvalue weighted by Gasteiger charge is 2.51. The van der Waals surface area contributed by atoms with Crippen LogP contribution >= 0.6 is 0 Å². The van der Waals surface area contributed by atoms with Gasteiger partial charge in [-0.2, -0.15) is 5.26 Å². The number of hydrogen-bond acceptors (Lipinski definition) is 2. The lowest BCUT2D eigenvalue weighted by Crippen LogP contribution is -2.46. The lowest BCUT2D eigenvalue weighted by molar-refractivity contribution is -0.118. The Morgan fingerprint density at radius 2 is 1.72 bits per heavy atom. The first-order valence-corrected chi connectivity index (χ1v) is 7.47. The summed E-state index contributed by atoms with van der Waals surface area (Å²) < 4.78 is 0. The van der Waals surface area contributed by atoms with E-state index in [1.807, 2.05) is 0 Å². The van der Waals surface area contributed by atoms with Crippen LogP contribution in [0.2, 0.25) is 0 Å². The molecule has 4 fully saturated rings. The van der Waals surface area contributed by atoms with Gasteiger partial charge < -0.3 is 0 Å².